The first-order valence-electron chi connectivity index (χ1n) is 6.12. The Hall–Kier alpha value is -1.26. The molecule has 0 aliphatic rings. The van der Waals surface area contributed by atoms with Gasteiger partial charge in [-0.15, -0.1) is 11.3 Å². The number of nitrogens with zero attached hydrogens (tertiary/aromatic N) is 2. The number of aryl methyl sites for hydroxylation is 3. The van der Waals surface area contributed by atoms with Crippen LogP contribution >= 0.6 is 11.3 Å². The van der Waals surface area contributed by atoms with Crippen LogP contribution in [0.2, 0.25) is 0 Å². The fraction of sp³-hybridized carbons (Fsp3) is 0.429. The molecule has 0 aliphatic heterocycles. The molecule has 0 saturated carbocycles. The van der Waals surface area contributed by atoms with Crippen LogP contribution in [0.15, 0.2) is 17.5 Å². The third-order valence-electron chi connectivity index (χ3n) is 3.07. The number of aromatic nitrogens is 2. The zero-order valence-electron chi connectivity index (χ0n) is 11.3. The Morgan fingerprint density at radius 2 is 2.00 bits per heavy atom. The van der Waals surface area contributed by atoms with Gasteiger partial charge in [0.25, 0.3) is 0 Å². The SMILES string of the molecule is CNC(Cc1csc(C)n1)c1ccc(C)nc1C. The van der Waals surface area contributed by atoms with Gasteiger partial charge in [-0.1, -0.05) is 6.07 Å². The van der Waals surface area contributed by atoms with Crippen LogP contribution in [0, 0.1) is 20.8 Å². The van der Waals surface area contributed by atoms with E-state index in [9.17, 15) is 0 Å². The molecule has 0 amide bonds. The number of rotatable bonds is 4. The molecule has 0 aliphatic carbocycles. The number of hydrogen-bond donors (Lipinski definition) is 1. The van der Waals surface area contributed by atoms with E-state index in [4.69, 9.17) is 0 Å². The summed E-state index contributed by atoms with van der Waals surface area (Å²) < 4.78 is 0. The van der Waals surface area contributed by atoms with E-state index in [1.54, 1.807) is 11.3 Å². The van der Waals surface area contributed by atoms with E-state index < -0.39 is 0 Å². The summed E-state index contributed by atoms with van der Waals surface area (Å²) in [6.07, 6.45) is 0.909. The molecule has 0 aromatic carbocycles. The van der Waals surface area contributed by atoms with Crippen LogP contribution in [0.3, 0.4) is 0 Å². The second-order valence-electron chi connectivity index (χ2n) is 4.53. The zero-order valence-corrected chi connectivity index (χ0v) is 12.1. The van der Waals surface area contributed by atoms with Crippen LogP contribution in [0.1, 0.15) is 33.7 Å². The van der Waals surface area contributed by atoms with Crippen molar-refractivity contribution in [2.24, 2.45) is 0 Å². The van der Waals surface area contributed by atoms with Gasteiger partial charge < -0.3 is 5.32 Å². The lowest BCUT2D eigenvalue weighted by Crippen LogP contribution is -2.20. The predicted molar refractivity (Wildman–Crippen MR) is 76.1 cm³/mol. The molecule has 1 atom stereocenters. The average Bonchev–Trinajstić information content (AvgIpc) is 2.72. The number of nitrogens with one attached hydrogen (secondary N) is 1. The number of likely N-dealkylation sites (N-methyl/N-ethyl adjacent to an activating group) is 1. The van der Waals surface area contributed by atoms with Crippen LogP contribution in [-0.4, -0.2) is 17.0 Å². The summed E-state index contributed by atoms with van der Waals surface area (Å²) in [4.78, 5) is 9.06. The highest BCUT2D eigenvalue weighted by atomic mass is 32.1. The van der Waals surface area contributed by atoms with Gasteiger partial charge in [-0.05, 0) is 39.4 Å². The maximum Gasteiger partial charge on any atom is 0.0897 e. The largest absolute Gasteiger partial charge is 0.313 e. The fourth-order valence-electron chi connectivity index (χ4n) is 2.14. The second-order valence-corrected chi connectivity index (χ2v) is 5.59. The summed E-state index contributed by atoms with van der Waals surface area (Å²) in [5.41, 5.74) is 4.57. The summed E-state index contributed by atoms with van der Waals surface area (Å²) in [6, 6.07) is 4.51. The molecule has 18 heavy (non-hydrogen) atoms. The first-order valence-corrected chi connectivity index (χ1v) is 7.00. The highest BCUT2D eigenvalue weighted by Crippen LogP contribution is 2.21. The van der Waals surface area contributed by atoms with E-state index >= 15 is 0 Å². The smallest absolute Gasteiger partial charge is 0.0897 e. The maximum absolute atomic E-state index is 4.53. The Kier molecular flexibility index (Phi) is 4.09. The Labute approximate surface area is 112 Å². The molecule has 3 nitrogen and oxygen atoms in total. The summed E-state index contributed by atoms with van der Waals surface area (Å²) in [5.74, 6) is 0. The first-order chi connectivity index (χ1) is 8.60. The Bertz CT molecular complexity index is 534. The van der Waals surface area contributed by atoms with Gasteiger partial charge in [0.1, 0.15) is 0 Å². The van der Waals surface area contributed by atoms with Crippen molar-refractivity contribution in [1.29, 1.82) is 0 Å². The molecule has 0 fully saturated rings. The molecule has 2 aromatic rings. The Morgan fingerprint density at radius 1 is 1.22 bits per heavy atom. The third-order valence-corrected chi connectivity index (χ3v) is 3.89. The highest BCUT2D eigenvalue weighted by Gasteiger charge is 2.14. The zero-order chi connectivity index (χ0) is 13.1. The molecule has 2 heterocycles. The van der Waals surface area contributed by atoms with Crippen molar-refractivity contribution in [3.05, 3.63) is 45.2 Å². The molecule has 1 unspecified atom stereocenters. The second kappa shape index (κ2) is 5.59. The lowest BCUT2D eigenvalue weighted by Gasteiger charge is -2.17. The van der Waals surface area contributed by atoms with Gasteiger partial charge >= 0.3 is 0 Å². The molecule has 0 radical (unpaired) electrons. The van der Waals surface area contributed by atoms with E-state index in [1.165, 1.54) is 5.56 Å². The van der Waals surface area contributed by atoms with Crippen LogP contribution < -0.4 is 5.32 Å². The lowest BCUT2D eigenvalue weighted by atomic mass is 10.0. The van der Waals surface area contributed by atoms with E-state index in [1.807, 2.05) is 20.9 Å². The summed E-state index contributed by atoms with van der Waals surface area (Å²) in [5, 5.41) is 6.62. The Morgan fingerprint density at radius 3 is 2.56 bits per heavy atom. The van der Waals surface area contributed by atoms with Crippen LogP contribution in [-0.2, 0) is 6.42 Å². The van der Waals surface area contributed by atoms with Gasteiger partial charge in [0, 0.05) is 29.2 Å². The molecule has 4 heteroatoms. The van der Waals surface area contributed by atoms with Crippen molar-refractivity contribution in [3.63, 3.8) is 0 Å². The van der Waals surface area contributed by atoms with Gasteiger partial charge in [-0.25, -0.2) is 4.98 Å². The van der Waals surface area contributed by atoms with Crippen LogP contribution in [0.5, 0.6) is 0 Å². The minimum Gasteiger partial charge on any atom is -0.313 e. The quantitative estimate of drug-likeness (QED) is 0.919. The minimum absolute atomic E-state index is 0.277. The Balaban J connectivity index is 2.22. The highest BCUT2D eigenvalue weighted by molar-refractivity contribution is 7.09. The topological polar surface area (TPSA) is 37.8 Å². The van der Waals surface area contributed by atoms with E-state index in [-0.39, 0.29) is 6.04 Å². The van der Waals surface area contributed by atoms with Gasteiger partial charge in [0.2, 0.25) is 0 Å². The van der Waals surface area contributed by atoms with Gasteiger partial charge in [-0.3, -0.25) is 4.98 Å². The first kappa shape index (κ1) is 13.2. The number of hydrogen-bond acceptors (Lipinski definition) is 4. The predicted octanol–water partition coefficient (Wildman–Crippen LogP) is 2.97. The van der Waals surface area contributed by atoms with Crippen LogP contribution in [0.25, 0.3) is 0 Å². The van der Waals surface area contributed by atoms with Crippen molar-refractivity contribution in [3.8, 4) is 0 Å². The number of thiazole rings is 1. The summed E-state index contributed by atoms with van der Waals surface area (Å²) in [6.45, 7) is 6.13. The molecule has 0 bridgehead atoms. The molecule has 1 N–H and O–H groups in total. The normalized spacial score (nSPS) is 12.7. The fourth-order valence-corrected chi connectivity index (χ4v) is 2.77. The van der Waals surface area contributed by atoms with Crippen molar-refractivity contribution in [2.75, 3.05) is 7.05 Å². The number of pyridine rings is 1. The lowest BCUT2D eigenvalue weighted by molar-refractivity contribution is 0.579. The average molecular weight is 261 g/mol. The molecular weight excluding hydrogens is 242 g/mol. The minimum atomic E-state index is 0.277. The van der Waals surface area contributed by atoms with Crippen LogP contribution in [0.4, 0.5) is 0 Å². The van der Waals surface area contributed by atoms with Gasteiger partial charge in [-0.2, -0.15) is 0 Å². The molecular formula is C14H19N3S. The molecule has 2 aromatic heterocycles. The van der Waals surface area contributed by atoms with E-state index in [0.29, 0.717) is 0 Å². The monoisotopic (exact) mass is 261 g/mol. The van der Waals surface area contributed by atoms with Crippen molar-refractivity contribution >= 4 is 11.3 Å². The summed E-state index contributed by atoms with van der Waals surface area (Å²) >= 11 is 1.70. The van der Waals surface area contributed by atoms with Crippen molar-refractivity contribution < 1.29 is 0 Å². The maximum atomic E-state index is 4.53. The molecule has 2 rings (SSSR count). The van der Waals surface area contributed by atoms with Gasteiger partial charge in [0.05, 0.1) is 10.7 Å². The van der Waals surface area contributed by atoms with Crippen molar-refractivity contribution in [1.82, 2.24) is 15.3 Å². The molecule has 96 valence electrons. The summed E-state index contributed by atoms with van der Waals surface area (Å²) in [7, 11) is 1.99. The van der Waals surface area contributed by atoms with Crippen molar-refractivity contribution in [2.45, 2.75) is 33.2 Å². The van der Waals surface area contributed by atoms with E-state index in [2.05, 4.69) is 39.7 Å². The van der Waals surface area contributed by atoms with E-state index in [0.717, 1.165) is 28.5 Å². The molecule has 0 saturated heterocycles. The van der Waals surface area contributed by atoms with Gasteiger partial charge in [0.15, 0.2) is 0 Å². The third kappa shape index (κ3) is 2.94. The molecule has 0 spiro atoms. The standard InChI is InChI=1S/C14H19N3S/c1-9-5-6-13(10(2)16-9)14(15-4)7-12-8-18-11(3)17-12/h5-6,8,14-15H,7H2,1-4H3.